The van der Waals surface area contributed by atoms with Crippen molar-refractivity contribution in [3.05, 3.63) is 29.8 Å². The molecule has 1 aliphatic carbocycles. The van der Waals surface area contributed by atoms with E-state index in [0.717, 1.165) is 18.1 Å². The van der Waals surface area contributed by atoms with Crippen LogP contribution in [0, 0.1) is 5.92 Å². The van der Waals surface area contributed by atoms with Crippen LogP contribution < -0.4 is 4.74 Å². The van der Waals surface area contributed by atoms with E-state index in [9.17, 15) is 0 Å². The van der Waals surface area contributed by atoms with Crippen molar-refractivity contribution in [1.29, 1.82) is 0 Å². The first-order chi connectivity index (χ1) is 7.35. The third kappa shape index (κ3) is 2.51. The van der Waals surface area contributed by atoms with Crippen LogP contribution in [0.3, 0.4) is 0 Å². The summed E-state index contributed by atoms with van der Waals surface area (Å²) in [6.07, 6.45) is 3.49. The topological polar surface area (TPSA) is 29.5 Å². The molecule has 0 saturated heterocycles. The number of ether oxygens (including phenoxy) is 1. The highest BCUT2D eigenvalue weighted by atomic mass is 16.5. The first kappa shape index (κ1) is 10.5. The highest BCUT2D eigenvalue weighted by molar-refractivity contribution is 5.31. The van der Waals surface area contributed by atoms with E-state index < -0.39 is 0 Å². The minimum absolute atomic E-state index is 0.276. The van der Waals surface area contributed by atoms with Crippen molar-refractivity contribution < 1.29 is 9.84 Å². The van der Waals surface area contributed by atoms with Crippen molar-refractivity contribution in [2.24, 2.45) is 5.92 Å². The Hall–Kier alpha value is -1.02. The number of aliphatic hydroxyl groups is 1. The molecule has 1 aromatic carbocycles. The molecule has 0 amide bonds. The monoisotopic (exact) mass is 206 g/mol. The third-order valence-corrected chi connectivity index (χ3v) is 3.15. The molecule has 0 heterocycles. The summed E-state index contributed by atoms with van der Waals surface area (Å²) >= 11 is 0. The predicted octanol–water partition coefficient (Wildman–Crippen LogP) is 2.57. The van der Waals surface area contributed by atoms with Crippen molar-refractivity contribution in [1.82, 2.24) is 0 Å². The van der Waals surface area contributed by atoms with Gasteiger partial charge in [0, 0.05) is 6.61 Å². The van der Waals surface area contributed by atoms with Crippen molar-refractivity contribution in [3.63, 3.8) is 0 Å². The van der Waals surface area contributed by atoms with E-state index in [0.29, 0.717) is 5.92 Å². The molecular weight excluding hydrogens is 188 g/mol. The summed E-state index contributed by atoms with van der Waals surface area (Å²) in [5.41, 5.74) is 1.31. The van der Waals surface area contributed by atoms with Gasteiger partial charge in [0.25, 0.3) is 0 Å². The van der Waals surface area contributed by atoms with Crippen LogP contribution in [0.2, 0.25) is 0 Å². The largest absolute Gasteiger partial charge is 0.497 e. The van der Waals surface area contributed by atoms with Crippen LogP contribution in [0.1, 0.15) is 30.7 Å². The molecule has 1 aliphatic rings. The van der Waals surface area contributed by atoms with Gasteiger partial charge in [-0.3, -0.25) is 0 Å². The average molecular weight is 206 g/mol. The lowest BCUT2D eigenvalue weighted by Crippen LogP contribution is -2.04. The maximum atomic E-state index is 9.07. The number of hydrogen-bond acceptors (Lipinski definition) is 2. The summed E-state index contributed by atoms with van der Waals surface area (Å²) in [6.45, 7) is 0.276. The van der Waals surface area contributed by atoms with Crippen LogP contribution in [-0.4, -0.2) is 18.8 Å². The van der Waals surface area contributed by atoms with Crippen LogP contribution in [0.5, 0.6) is 5.75 Å². The van der Waals surface area contributed by atoms with Crippen molar-refractivity contribution in [3.8, 4) is 5.75 Å². The summed E-state index contributed by atoms with van der Waals surface area (Å²) in [7, 11) is 1.69. The Morgan fingerprint density at radius 2 is 2.27 bits per heavy atom. The molecule has 1 saturated carbocycles. The van der Waals surface area contributed by atoms with Gasteiger partial charge in [0.15, 0.2) is 0 Å². The van der Waals surface area contributed by atoms with Gasteiger partial charge >= 0.3 is 0 Å². The van der Waals surface area contributed by atoms with Gasteiger partial charge in [0.1, 0.15) is 5.75 Å². The predicted molar refractivity (Wildman–Crippen MR) is 60.2 cm³/mol. The van der Waals surface area contributed by atoms with E-state index in [2.05, 4.69) is 12.1 Å². The lowest BCUT2D eigenvalue weighted by molar-refractivity contribution is 0.269. The molecular formula is C13H18O2. The van der Waals surface area contributed by atoms with Crippen LogP contribution >= 0.6 is 0 Å². The molecule has 2 nitrogen and oxygen atoms in total. The summed E-state index contributed by atoms with van der Waals surface area (Å²) in [5.74, 6) is 2.21. The molecule has 0 aromatic heterocycles. The fraction of sp³-hybridized carbons (Fsp3) is 0.538. The fourth-order valence-corrected chi connectivity index (χ4v) is 2.18. The smallest absolute Gasteiger partial charge is 0.119 e. The normalized spacial score (nSPS) is 17.5. The highest BCUT2D eigenvalue weighted by Gasteiger charge is 2.31. The van der Waals surface area contributed by atoms with E-state index in [4.69, 9.17) is 9.84 Å². The van der Waals surface area contributed by atoms with Crippen LogP contribution in [-0.2, 0) is 0 Å². The number of aliphatic hydroxyl groups excluding tert-OH is 1. The minimum Gasteiger partial charge on any atom is -0.497 e. The zero-order valence-electron chi connectivity index (χ0n) is 9.15. The lowest BCUT2D eigenvalue weighted by atomic mass is 9.91. The molecule has 0 bridgehead atoms. The van der Waals surface area contributed by atoms with Crippen LogP contribution in [0.15, 0.2) is 24.3 Å². The average Bonchev–Trinajstić information content (AvgIpc) is 3.10. The molecule has 15 heavy (non-hydrogen) atoms. The molecule has 0 aliphatic heterocycles. The Morgan fingerprint density at radius 3 is 2.87 bits per heavy atom. The number of benzene rings is 1. The summed E-state index contributed by atoms with van der Waals surface area (Å²) in [5, 5.41) is 9.07. The van der Waals surface area contributed by atoms with Crippen molar-refractivity contribution in [2.45, 2.75) is 25.2 Å². The van der Waals surface area contributed by atoms with Gasteiger partial charge in [-0.2, -0.15) is 0 Å². The zero-order chi connectivity index (χ0) is 10.7. The van der Waals surface area contributed by atoms with Crippen LogP contribution in [0.4, 0.5) is 0 Å². The van der Waals surface area contributed by atoms with Gasteiger partial charge in [-0.05, 0) is 48.8 Å². The van der Waals surface area contributed by atoms with Gasteiger partial charge in [-0.15, -0.1) is 0 Å². The second-order valence-electron chi connectivity index (χ2n) is 4.23. The number of rotatable bonds is 5. The Bertz CT molecular complexity index is 318. The van der Waals surface area contributed by atoms with Crippen molar-refractivity contribution in [2.75, 3.05) is 13.7 Å². The Kier molecular flexibility index (Phi) is 3.27. The summed E-state index contributed by atoms with van der Waals surface area (Å²) < 4.78 is 5.22. The maximum absolute atomic E-state index is 9.07. The molecule has 1 aromatic rings. The summed E-state index contributed by atoms with van der Waals surface area (Å²) in [6, 6.07) is 8.23. The second-order valence-corrected chi connectivity index (χ2v) is 4.23. The molecule has 0 spiro atoms. The molecule has 2 rings (SSSR count). The Labute approximate surface area is 90.9 Å². The first-order valence-electron chi connectivity index (χ1n) is 5.60. The molecule has 1 unspecified atom stereocenters. The Morgan fingerprint density at radius 1 is 1.47 bits per heavy atom. The van der Waals surface area contributed by atoms with Gasteiger partial charge in [-0.1, -0.05) is 12.1 Å². The number of methoxy groups -OCH3 is 1. The lowest BCUT2D eigenvalue weighted by Gasteiger charge is -2.16. The maximum Gasteiger partial charge on any atom is 0.119 e. The molecule has 1 atom stereocenters. The van der Waals surface area contributed by atoms with Gasteiger partial charge in [0.05, 0.1) is 7.11 Å². The van der Waals surface area contributed by atoms with Crippen LogP contribution in [0.25, 0.3) is 0 Å². The van der Waals surface area contributed by atoms with E-state index in [1.807, 2.05) is 12.1 Å². The molecule has 1 N–H and O–H groups in total. The van der Waals surface area contributed by atoms with E-state index in [1.54, 1.807) is 7.11 Å². The fourth-order valence-electron chi connectivity index (χ4n) is 2.18. The zero-order valence-corrected chi connectivity index (χ0v) is 9.15. The highest BCUT2D eigenvalue weighted by Crippen LogP contribution is 2.44. The van der Waals surface area contributed by atoms with Gasteiger partial charge in [0.2, 0.25) is 0 Å². The van der Waals surface area contributed by atoms with E-state index >= 15 is 0 Å². The molecule has 2 heteroatoms. The Balaban J connectivity index is 2.16. The van der Waals surface area contributed by atoms with Crippen molar-refractivity contribution >= 4 is 0 Å². The third-order valence-electron chi connectivity index (χ3n) is 3.15. The standard InChI is InChI=1S/C13H18O2/c1-15-12-4-2-3-11(9-12)13(7-8-14)10-5-6-10/h2-4,9-10,13-14H,5-8H2,1H3. The van der Waals surface area contributed by atoms with E-state index in [-0.39, 0.29) is 6.61 Å². The first-order valence-corrected chi connectivity index (χ1v) is 5.60. The van der Waals surface area contributed by atoms with E-state index in [1.165, 1.54) is 18.4 Å². The second kappa shape index (κ2) is 4.67. The minimum atomic E-state index is 0.276. The quantitative estimate of drug-likeness (QED) is 0.802. The molecule has 82 valence electrons. The summed E-state index contributed by atoms with van der Waals surface area (Å²) in [4.78, 5) is 0. The molecule has 0 radical (unpaired) electrons. The molecule has 1 fully saturated rings. The number of hydrogen-bond donors (Lipinski definition) is 1. The van der Waals surface area contributed by atoms with Gasteiger partial charge in [-0.25, -0.2) is 0 Å². The SMILES string of the molecule is COc1cccc(C(CCO)C2CC2)c1. The van der Waals surface area contributed by atoms with Gasteiger partial charge < -0.3 is 9.84 Å².